The normalized spacial score (nSPS) is 13.7. The van der Waals surface area contributed by atoms with Crippen LogP contribution in [0.25, 0.3) is 11.1 Å². The van der Waals surface area contributed by atoms with Gasteiger partial charge in [-0.3, -0.25) is 4.79 Å². The quantitative estimate of drug-likeness (QED) is 0.849. The van der Waals surface area contributed by atoms with Crippen LogP contribution in [-0.2, 0) is 15.9 Å². The number of carboxylic acids is 1. The fourth-order valence-corrected chi connectivity index (χ4v) is 2.69. The van der Waals surface area contributed by atoms with Crippen LogP contribution in [0.1, 0.15) is 10.8 Å². The van der Waals surface area contributed by atoms with Gasteiger partial charge in [-0.2, -0.15) is 0 Å². The molecule has 0 saturated carbocycles. The Morgan fingerprint density at radius 3 is 2.20 bits per heavy atom. The molecule has 2 aromatic carbocycles. The standard InChI is InChI=1S/C14H11ClO4S/c15-12-4-2-1-3-11(12)9-5-7-10(8-6-9)13(14(16)17)20(18)19/h1-8,13H,(H,16,17)(H,18,19). The predicted octanol–water partition coefficient (Wildman–Crippen LogP) is 3.35. The summed E-state index contributed by atoms with van der Waals surface area (Å²) in [5.41, 5.74) is 1.90. The lowest BCUT2D eigenvalue weighted by Crippen LogP contribution is -2.16. The Hall–Kier alpha value is -1.69. The van der Waals surface area contributed by atoms with Crippen LogP contribution in [0.4, 0.5) is 0 Å². The van der Waals surface area contributed by atoms with E-state index in [0.29, 0.717) is 5.02 Å². The molecule has 0 aliphatic carbocycles. The average molecular weight is 311 g/mol. The fraction of sp³-hybridized carbons (Fsp3) is 0.0714. The van der Waals surface area contributed by atoms with Crippen molar-refractivity contribution in [2.45, 2.75) is 5.25 Å². The molecule has 0 aromatic heterocycles. The number of rotatable bonds is 4. The SMILES string of the molecule is O=C(O)C(c1ccc(-c2ccccc2Cl)cc1)S(=O)O. The van der Waals surface area contributed by atoms with Crippen LogP contribution in [0, 0.1) is 0 Å². The molecule has 2 N–H and O–H groups in total. The van der Waals surface area contributed by atoms with Crippen molar-refractivity contribution in [3.63, 3.8) is 0 Å². The molecule has 2 unspecified atom stereocenters. The first kappa shape index (κ1) is 14.7. The molecule has 2 rings (SSSR count). The average Bonchev–Trinajstić information content (AvgIpc) is 2.39. The van der Waals surface area contributed by atoms with E-state index in [-0.39, 0.29) is 5.56 Å². The van der Waals surface area contributed by atoms with Gasteiger partial charge in [0, 0.05) is 10.6 Å². The van der Waals surface area contributed by atoms with Crippen molar-refractivity contribution in [3.05, 3.63) is 59.1 Å². The summed E-state index contributed by atoms with van der Waals surface area (Å²) in [6.45, 7) is 0. The highest BCUT2D eigenvalue weighted by Crippen LogP contribution is 2.29. The Kier molecular flexibility index (Phi) is 4.54. The maximum Gasteiger partial charge on any atom is 0.326 e. The summed E-state index contributed by atoms with van der Waals surface area (Å²) < 4.78 is 20.1. The van der Waals surface area contributed by atoms with Crippen LogP contribution in [0.2, 0.25) is 5.02 Å². The lowest BCUT2D eigenvalue weighted by atomic mass is 10.0. The van der Waals surface area contributed by atoms with Crippen molar-refractivity contribution in [2.75, 3.05) is 0 Å². The third kappa shape index (κ3) is 3.07. The molecule has 2 aromatic rings. The minimum absolute atomic E-state index is 0.272. The number of benzene rings is 2. The number of halogens is 1. The van der Waals surface area contributed by atoms with E-state index in [1.807, 2.05) is 18.2 Å². The van der Waals surface area contributed by atoms with E-state index in [4.69, 9.17) is 21.3 Å². The molecule has 104 valence electrons. The molecule has 0 spiro atoms. The Bertz CT molecular complexity index is 640. The molecule has 0 amide bonds. The van der Waals surface area contributed by atoms with E-state index in [1.165, 1.54) is 12.1 Å². The molecule has 0 fully saturated rings. The molecular formula is C14H11ClO4S. The summed E-state index contributed by atoms with van der Waals surface area (Å²) in [5.74, 6) is -1.34. The van der Waals surface area contributed by atoms with Crippen LogP contribution in [-0.4, -0.2) is 19.8 Å². The molecule has 0 heterocycles. The summed E-state index contributed by atoms with van der Waals surface area (Å²) in [5, 5.41) is 8.09. The third-order valence-electron chi connectivity index (χ3n) is 2.82. The van der Waals surface area contributed by atoms with Gasteiger partial charge in [0.1, 0.15) is 0 Å². The molecule has 0 aliphatic rings. The zero-order valence-electron chi connectivity index (χ0n) is 10.2. The number of hydrogen-bond acceptors (Lipinski definition) is 2. The molecule has 0 aliphatic heterocycles. The van der Waals surface area contributed by atoms with Gasteiger partial charge < -0.3 is 9.66 Å². The minimum Gasteiger partial charge on any atom is -0.480 e. The molecular weight excluding hydrogens is 300 g/mol. The number of hydrogen-bond donors (Lipinski definition) is 2. The summed E-state index contributed by atoms with van der Waals surface area (Å²) >= 11 is 3.61. The van der Waals surface area contributed by atoms with E-state index in [0.717, 1.165) is 11.1 Å². The van der Waals surface area contributed by atoms with Gasteiger partial charge in [0.05, 0.1) is 0 Å². The van der Waals surface area contributed by atoms with Crippen molar-refractivity contribution in [3.8, 4) is 11.1 Å². The topological polar surface area (TPSA) is 74.6 Å². The second kappa shape index (κ2) is 6.17. The number of carbonyl (C=O) groups is 1. The summed E-state index contributed by atoms with van der Waals surface area (Å²) in [4.78, 5) is 11.0. The van der Waals surface area contributed by atoms with Crippen LogP contribution < -0.4 is 0 Å². The first-order valence-corrected chi connectivity index (χ1v) is 7.23. The van der Waals surface area contributed by atoms with Gasteiger partial charge in [-0.25, -0.2) is 4.21 Å². The summed E-state index contributed by atoms with van der Waals surface area (Å²) in [6.07, 6.45) is 0. The van der Waals surface area contributed by atoms with Crippen molar-refractivity contribution in [1.82, 2.24) is 0 Å². The van der Waals surface area contributed by atoms with Crippen LogP contribution in [0.15, 0.2) is 48.5 Å². The first-order valence-electron chi connectivity index (χ1n) is 5.68. The lowest BCUT2D eigenvalue weighted by Gasteiger charge is -2.10. The van der Waals surface area contributed by atoms with Gasteiger partial charge >= 0.3 is 5.97 Å². The van der Waals surface area contributed by atoms with Gasteiger partial charge in [0.2, 0.25) is 0 Å². The van der Waals surface area contributed by atoms with Gasteiger partial charge in [-0.1, -0.05) is 54.1 Å². The highest BCUT2D eigenvalue weighted by atomic mass is 35.5. The number of carboxylic acid groups (broad SMARTS) is 1. The molecule has 20 heavy (non-hydrogen) atoms. The molecule has 6 heteroatoms. The highest BCUT2D eigenvalue weighted by molar-refractivity contribution is 7.80. The Morgan fingerprint density at radius 1 is 1.10 bits per heavy atom. The summed E-state index contributed by atoms with van der Waals surface area (Å²) in [6, 6.07) is 13.7. The Balaban J connectivity index is 2.38. The van der Waals surface area contributed by atoms with Gasteiger partial charge in [0.15, 0.2) is 16.3 Å². The lowest BCUT2D eigenvalue weighted by molar-refractivity contribution is -0.136. The maximum absolute atomic E-state index is 11.1. The second-order valence-electron chi connectivity index (χ2n) is 4.10. The van der Waals surface area contributed by atoms with E-state index in [1.54, 1.807) is 18.2 Å². The highest BCUT2D eigenvalue weighted by Gasteiger charge is 2.25. The Morgan fingerprint density at radius 2 is 1.70 bits per heavy atom. The zero-order chi connectivity index (χ0) is 14.7. The largest absolute Gasteiger partial charge is 0.480 e. The Labute approximate surface area is 123 Å². The smallest absolute Gasteiger partial charge is 0.326 e. The van der Waals surface area contributed by atoms with Crippen molar-refractivity contribution in [2.24, 2.45) is 0 Å². The minimum atomic E-state index is -2.47. The van der Waals surface area contributed by atoms with Gasteiger partial charge in [-0.05, 0) is 17.2 Å². The van der Waals surface area contributed by atoms with Crippen molar-refractivity contribution < 1.29 is 18.7 Å². The first-order chi connectivity index (χ1) is 9.50. The van der Waals surface area contributed by atoms with E-state index >= 15 is 0 Å². The van der Waals surface area contributed by atoms with Crippen LogP contribution in [0.5, 0.6) is 0 Å². The van der Waals surface area contributed by atoms with Crippen LogP contribution >= 0.6 is 11.6 Å². The second-order valence-corrected chi connectivity index (χ2v) is 5.53. The van der Waals surface area contributed by atoms with Crippen molar-refractivity contribution in [1.29, 1.82) is 0 Å². The predicted molar refractivity (Wildman–Crippen MR) is 78.0 cm³/mol. The van der Waals surface area contributed by atoms with E-state index in [9.17, 15) is 9.00 Å². The monoisotopic (exact) mass is 310 g/mol. The van der Waals surface area contributed by atoms with Gasteiger partial charge in [-0.15, -0.1) is 0 Å². The summed E-state index contributed by atoms with van der Waals surface area (Å²) in [7, 11) is 0. The van der Waals surface area contributed by atoms with E-state index in [2.05, 4.69) is 0 Å². The van der Waals surface area contributed by atoms with E-state index < -0.39 is 22.3 Å². The molecule has 0 saturated heterocycles. The van der Waals surface area contributed by atoms with Gasteiger partial charge in [0.25, 0.3) is 0 Å². The molecule has 4 nitrogen and oxygen atoms in total. The molecule has 2 atom stereocenters. The fourth-order valence-electron chi connectivity index (χ4n) is 1.88. The zero-order valence-corrected chi connectivity index (χ0v) is 11.8. The maximum atomic E-state index is 11.1. The molecule has 0 radical (unpaired) electrons. The molecule has 0 bridgehead atoms. The number of aliphatic carboxylic acids is 1. The van der Waals surface area contributed by atoms with Crippen molar-refractivity contribution >= 4 is 28.7 Å². The third-order valence-corrected chi connectivity index (χ3v) is 4.03. The van der Waals surface area contributed by atoms with Crippen LogP contribution in [0.3, 0.4) is 0 Å².